The molecule has 2 N–H and O–H groups in total. The molecule has 0 saturated carbocycles. The first-order valence-electron chi connectivity index (χ1n) is 8.03. The second kappa shape index (κ2) is 6.65. The summed E-state index contributed by atoms with van der Waals surface area (Å²) in [7, 11) is 0. The molecule has 1 aromatic heterocycles. The van der Waals surface area contributed by atoms with Crippen molar-refractivity contribution in [3.8, 4) is 11.4 Å². The zero-order valence-corrected chi connectivity index (χ0v) is 13.5. The monoisotopic (exact) mass is 307 g/mol. The van der Waals surface area contributed by atoms with Crippen LogP contribution in [0.2, 0.25) is 0 Å². The van der Waals surface area contributed by atoms with Crippen LogP contribution in [0.3, 0.4) is 0 Å². The summed E-state index contributed by atoms with van der Waals surface area (Å²) in [5, 5.41) is 3.02. The van der Waals surface area contributed by atoms with Gasteiger partial charge in [0.25, 0.3) is 5.91 Å². The number of nitrogens with zero attached hydrogens (tertiary/aromatic N) is 1. The number of para-hydroxylation sites is 2. The largest absolute Gasteiger partial charge is 0.350 e. The van der Waals surface area contributed by atoms with E-state index >= 15 is 0 Å². The third kappa shape index (κ3) is 3.42. The van der Waals surface area contributed by atoms with Gasteiger partial charge in [-0.2, -0.15) is 0 Å². The Morgan fingerprint density at radius 3 is 2.61 bits per heavy atom. The summed E-state index contributed by atoms with van der Waals surface area (Å²) in [4.78, 5) is 20.1. The molecule has 0 saturated heterocycles. The highest BCUT2D eigenvalue weighted by Crippen LogP contribution is 2.20. The van der Waals surface area contributed by atoms with Crippen LogP contribution >= 0.6 is 0 Å². The van der Waals surface area contributed by atoms with Gasteiger partial charge in [0.1, 0.15) is 5.82 Å². The molecule has 0 fully saturated rings. The predicted octanol–water partition coefficient (Wildman–Crippen LogP) is 4.15. The number of aromatic nitrogens is 2. The number of rotatable bonds is 5. The second-order valence-electron chi connectivity index (χ2n) is 5.84. The molecule has 0 aliphatic rings. The fourth-order valence-corrected chi connectivity index (χ4v) is 2.68. The highest BCUT2D eigenvalue weighted by atomic mass is 16.1. The number of aromatic amines is 1. The Morgan fingerprint density at radius 1 is 1.17 bits per heavy atom. The molecule has 3 aromatic rings. The molecule has 23 heavy (non-hydrogen) atoms. The summed E-state index contributed by atoms with van der Waals surface area (Å²) in [6, 6.07) is 15.7. The molecular weight excluding hydrogens is 286 g/mol. The molecule has 0 aliphatic carbocycles. The number of benzene rings is 2. The fraction of sp³-hybridized carbons (Fsp3) is 0.263. The van der Waals surface area contributed by atoms with E-state index in [-0.39, 0.29) is 11.9 Å². The lowest BCUT2D eigenvalue weighted by Gasteiger charge is -2.12. The quantitative estimate of drug-likeness (QED) is 0.744. The molecule has 1 amide bonds. The minimum absolute atomic E-state index is 0.0258. The van der Waals surface area contributed by atoms with Crippen LogP contribution in [0.25, 0.3) is 22.4 Å². The number of nitrogens with one attached hydrogen (secondary N) is 2. The summed E-state index contributed by atoms with van der Waals surface area (Å²) in [6.07, 6.45) is 2.05. The van der Waals surface area contributed by atoms with Crippen LogP contribution in [-0.4, -0.2) is 21.9 Å². The van der Waals surface area contributed by atoms with Crippen molar-refractivity contribution < 1.29 is 4.79 Å². The lowest BCUT2D eigenvalue weighted by Crippen LogP contribution is -2.32. The van der Waals surface area contributed by atoms with Crippen molar-refractivity contribution in [3.63, 3.8) is 0 Å². The van der Waals surface area contributed by atoms with Crippen molar-refractivity contribution in [1.82, 2.24) is 15.3 Å². The average molecular weight is 307 g/mol. The minimum atomic E-state index is -0.0258. The van der Waals surface area contributed by atoms with Gasteiger partial charge in [0.15, 0.2) is 0 Å². The smallest absolute Gasteiger partial charge is 0.251 e. The molecular formula is C19H21N3O. The number of hydrogen-bond donors (Lipinski definition) is 2. The van der Waals surface area contributed by atoms with E-state index in [9.17, 15) is 4.79 Å². The van der Waals surface area contributed by atoms with Crippen molar-refractivity contribution in [1.29, 1.82) is 0 Å². The first-order valence-corrected chi connectivity index (χ1v) is 8.03. The number of carbonyl (C=O) groups excluding carboxylic acids is 1. The Morgan fingerprint density at radius 2 is 1.91 bits per heavy atom. The summed E-state index contributed by atoms with van der Waals surface area (Å²) >= 11 is 0. The molecule has 0 unspecified atom stereocenters. The molecule has 0 radical (unpaired) electrons. The average Bonchev–Trinajstić information content (AvgIpc) is 2.99. The molecule has 1 atom stereocenters. The van der Waals surface area contributed by atoms with Crippen LogP contribution in [0.15, 0.2) is 48.5 Å². The normalized spacial score (nSPS) is 12.3. The van der Waals surface area contributed by atoms with Gasteiger partial charge in [-0.1, -0.05) is 37.6 Å². The van der Waals surface area contributed by atoms with Crippen LogP contribution in [0, 0.1) is 0 Å². The molecule has 4 heteroatoms. The topological polar surface area (TPSA) is 57.8 Å². The number of carbonyl (C=O) groups is 1. The van der Waals surface area contributed by atoms with E-state index in [2.05, 4.69) is 22.2 Å². The Labute approximate surface area is 136 Å². The highest BCUT2D eigenvalue weighted by molar-refractivity contribution is 5.94. The number of fused-ring (bicyclic) bond motifs is 1. The van der Waals surface area contributed by atoms with E-state index in [0.29, 0.717) is 5.56 Å². The second-order valence-corrected chi connectivity index (χ2v) is 5.84. The van der Waals surface area contributed by atoms with Gasteiger partial charge in [-0.15, -0.1) is 0 Å². The van der Waals surface area contributed by atoms with E-state index in [1.807, 2.05) is 55.5 Å². The van der Waals surface area contributed by atoms with Crippen LogP contribution in [0.1, 0.15) is 37.0 Å². The SMILES string of the molecule is CCC[C@H](C)NC(=O)c1ccc(-c2nc3ccccc3[nH]2)cc1. The zero-order valence-electron chi connectivity index (χ0n) is 13.5. The zero-order chi connectivity index (χ0) is 16.2. The molecule has 118 valence electrons. The molecule has 3 rings (SSSR count). The Bertz CT molecular complexity index is 772. The summed E-state index contributed by atoms with van der Waals surface area (Å²) in [6.45, 7) is 4.15. The van der Waals surface area contributed by atoms with Crippen molar-refractivity contribution in [2.75, 3.05) is 0 Å². The van der Waals surface area contributed by atoms with Gasteiger partial charge in [-0.3, -0.25) is 4.79 Å². The Balaban J connectivity index is 1.77. The van der Waals surface area contributed by atoms with Gasteiger partial charge in [-0.05, 0) is 37.6 Å². The van der Waals surface area contributed by atoms with Crippen LogP contribution in [0.4, 0.5) is 0 Å². The summed E-state index contributed by atoms with van der Waals surface area (Å²) in [5.41, 5.74) is 3.60. The molecule has 0 aliphatic heterocycles. The Kier molecular flexibility index (Phi) is 4.42. The van der Waals surface area contributed by atoms with E-state index in [4.69, 9.17) is 0 Å². The number of imidazole rings is 1. The van der Waals surface area contributed by atoms with Gasteiger partial charge in [0.05, 0.1) is 11.0 Å². The van der Waals surface area contributed by atoms with Crippen LogP contribution in [0.5, 0.6) is 0 Å². The maximum absolute atomic E-state index is 12.2. The maximum atomic E-state index is 12.2. The van der Waals surface area contributed by atoms with Crippen molar-refractivity contribution in [2.24, 2.45) is 0 Å². The van der Waals surface area contributed by atoms with Gasteiger partial charge >= 0.3 is 0 Å². The van der Waals surface area contributed by atoms with Crippen LogP contribution in [-0.2, 0) is 0 Å². The van der Waals surface area contributed by atoms with E-state index < -0.39 is 0 Å². The van der Waals surface area contributed by atoms with Crippen molar-refractivity contribution in [3.05, 3.63) is 54.1 Å². The van der Waals surface area contributed by atoms with Gasteiger partial charge < -0.3 is 10.3 Å². The molecule has 1 heterocycles. The molecule has 0 bridgehead atoms. The summed E-state index contributed by atoms with van der Waals surface area (Å²) in [5.74, 6) is 0.791. The Hall–Kier alpha value is -2.62. The molecule has 4 nitrogen and oxygen atoms in total. The predicted molar refractivity (Wildman–Crippen MR) is 93.4 cm³/mol. The number of amides is 1. The number of hydrogen-bond acceptors (Lipinski definition) is 2. The van der Waals surface area contributed by atoms with E-state index in [0.717, 1.165) is 35.3 Å². The standard InChI is InChI=1S/C19H21N3O/c1-3-6-13(2)20-19(23)15-11-9-14(10-12-15)18-21-16-7-4-5-8-17(16)22-18/h4-5,7-13H,3,6H2,1-2H3,(H,20,23)(H,21,22)/t13-/m0/s1. The minimum Gasteiger partial charge on any atom is -0.350 e. The van der Waals surface area contributed by atoms with Gasteiger partial charge in [0, 0.05) is 17.2 Å². The summed E-state index contributed by atoms with van der Waals surface area (Å²) < 4.78 is 0. The van der Waals surface area contributed by atoms with Crippen molar-refractivity contribution in [2.45, 2.75) is 32.7 Å². The van der Waals surface area contributed by atoms with E-state index in [1.165, 1.54) is 0 Å². The lowest BCUT2D eigenvalue weighted by atomic mass is 10.1. The van der Waals surface area contributed by atoms with Gasteiger partial charge in [0.2, 0.25) is 0 Å². The van der Waals surface area contributed by atoms with Crippen LogP contribution < -0.4 is 5.32 Å². The highest BCUT2D eigenvalue weighted by Gasteiger charge is 2.10. The van der Waals surface area contributed by atoms with E-state index in [1.54, 1.807) is 0 Å². The molecule has 2 aromatic carbocycles. The fourth-order valence-electron chi connectivity index (χ4n) is 2.68. The first-order chi connectivity index (χ1) is 11.2. The third-order valence-electron chi connectivity index (χ3n) is 3.91. The third-order valence-corrected chi connectivity index (χ3v) is 3.91. The van der Waals surface area contributed by atoms with Crippen molar-refractivity contribution >= 4 is 16.9 Å². The lowest BCUT2D eigenvalue weighted by molar-refractivity contribution is 0.0938. The maximum Gasteiger partial charge on any atom is 0.251 e. The first kappa shape index (κ1) is 15.3. The number of H-pyrrole nitrogens is 1. The molecule has 0 spiro atoms. The van der Waals surface area contributed by atoms with Gasteiger partial charge in [-0.25, -0.2) is 4.98 Å².